The van der Waals surface area contributed by atoms with E-state index in [-0.39, 0.29) is 23.1 Å². The molecule has 0 saturated carbocycles. The SMILES string of the molecule is CCCOC1CCCN(C(=O)c2cc(C(C)(C)C)[nH]c(=O)n2)C1. The molecule has 0 bridgehead atoms. The van der Waals surface area contributed by atoms with Gasteiger partial charge in [-0.15, -0.1) is 0 Å². The van der Waals surface area contributed by atoms with Gasteiger partial charge in [0.25, 0.3) is 5.91 Å². The Hall–Kier alpha value is -1.69. The van der Waals surface area contributed by atoms with E-state index in [4.69, 9.17) is 4.74 Å². The molecule has 2 heterocycles. The van der Waals surface area contributed by atoms with Crippen LogP contribution >= 0.6 is 0 Å². The van der Waals surface area contributed by atoms with E-state index >= 15 is 0 Å². The fourth-order valence-corrected chi connectivity index (χ4v) is 2.68. The highest BCUT2D eigenvalue weighted by molar-refractivity contribution is 5.92. The van der Waals surface area contributed by atoms with Crippen molar-refractivity contribution < 1.29 is 9.53 Å². The number of amides is 1. The number of carbonyl (C=O) groups is 1. The number of aromatic nitrogens is 2. The van der Waals surface area contributed by atoms with E-state index in [1.807, 2.05) is 20.8 Å². The van der Waals surface area contributed by atoms with Crippen LogP contribution < -0.4 is 5.69 Å². The van der Waals surface area contributed by atoms with Crippen molar-refractivity contribution in [3.05, 3.63) is 27.9 Å². The van der Waals surface area contributed by atoms with E-state index in [2.05, 4.69) is 16.9 Å². The monoisotopic (exact) mass is 321 g/mol. The Morgan fingerprint density at radius 2 is 2.22 bits per heavy atom. The van der Waals surface area contributed by atoms with Crippen LogP contribution in [0.25, 0.3) is 0 Å². The lowest BCUT2D eigenvalue weighted by Gasteiger charge is -2.32. The first-order chi connectivity index (χ1) is 10.8. The number of piperidine rings is 1. The van der Waals surface area contributed by atoms with Crippen molar-refractivity contribution in [2.24, 2.45) is 0 Å². The van der Waals surface area contributed by atoms with Crippen molar-refractivity contribution in [3.63, 3.8) is 0 Å². The Balaban J connectivity index is 2.16. The minimum atomic E-state index is -0.475. The summed E-state index contributed by atoms with van der Waals surface area (Å²) >= 11 is 0. The van der Waals surface area contributed by atoms with Gasteiger partial charge in [0.05, 0.1) is 6.10 Å². The van der Waals surface area contributed by atoms with Gasteiger partial charge in [0.15, 0.2) is 0 Å². The number of H-pyrrole nitrogens is 1. The van der Waals surface area contributed by atoms with Crippen LogP contribution in [0.2, 0.25) is 0 Å². The molecule has 1 fully saturated rings. The van der Waals surface area contributed by atoms with Gasteiger partial charge in [-0.05, 0) is 25.3 Å². The molecule has 128 valence electrons. The highest BCUT2D eigenvalue weighted by Crippen LogP contribution is 2.20. The summed E-state index contributed by atoms with van der Waals surface area (Å²) in [5, 5.41) is 0. The molecule has 1 aromatic heterocycles. The standard InChI is InChI=1S/C17H27N3O3/c1-5-9-23-12-7-6-8-20(11-12)15(21)13-10-14(17(2,3)4)19-16(22)18-13/h10,12H,5-9,11H2,1-4H3,(H,18,19,22). The van der Waals surface area contributed by atoms with Crippen molar-refractivity contribution >= 4 is 5.91 Å². The molecule has 1 atom stereocenters. The maximum atomic E-state index is 12.7. The van der Waals surface area contributed by atoms with Gasteiger partial charge in [-0.1, -0.05) is 27.7 Å². The molecule has 1 aliphatic rings. The summed E-state index contributed by atoms with van der Waals surface area (Å²) in [5.41, 5.74) is 0.217. The Kier molecular flexibility index (Phi) is 5.57. The molecule has 0 aliphatic carbocycles. The van der Waals surface area contributed by atoms with Crippen LogP contribution in [-0.4, -0.2) is 46.6 Å². The third-order valence-electron chi connectivity index (χ3n) is 3.99. The van der Waals surface area contributed by atoms with Crippen molar-refractivity contribution in [1.82, 2.24) is 14.9 Å². The lowest BCUT2D eigenvalue weighted by molar-refractivity contribution is 0.00190. The number of rotatable bonds is 4. The molecular weight excluding hydrogens is 294 g/mol. The maximum absolute atomic E-state index is 12.7. The second-order valence-electron chi connectivity index (χ2n) is 7.12. The molecule has 0 aromatic carbocycles. The summed E-state index contributed by atoms with van der Waals surface area (Å²) in [6.07, 6.45) is 2.93. The fraction of sp³-hybridized carbons (Fsp3) is 0.706. The Morgan fingerprint density at radius 1 is 1.48 bits per heavy atom. The molecule has 0 spiro atoms. The number of carbonyl (C=O) groups excluding carboxylic acids is 1. The number of hydrogen-bond acceptors (Lipinski definition) is 4. The molecular formula is C17H27N3O3. The number of nitrogens with zero attached hydrogens (tertiary/aromatic N) is 2. The molecule has 2 rings (SSSR count). The molecule has 1 saturated heterocycles. The van der Waals surface area contributed by atoms with Gasteiger partial charge in [-0.2, -0.15) is 4.98 Å². The van der Waals surface area contributed by atoms with Crippen LogP contribution in [-0.2, 0) is 10.2 Å². The smallest absolute Gasteiger partial charge is 0.345 e. The average molecular weight is 321 g/mol. The minimum Gasteiger partial charge on any atom is -0.376 e. The van der Waals surface area contributed by atoms with Crippen LogP contribution in [0.3, 0.4) is 0 Å². The van der Waals surface area contributed by atoms with Gasteiger partial charge in [-0.3, -0.25) is 4.79 Å². The average Bonchev–Trinajstić information content (AvgIpc) is 2.51. The summed E-state index contributed by atoms with van der Waals surface area (Å²) in [5.74, 6) is -0.189. The molecule has 1 aliphatic heterocycles. The molecule has 6 heteroatoms. The third-order valence-corrected chi connectivity index (χ3v) is 3.99. The molecule has 1 N–H and O–H groups in total. The van der Waals surface area contributed by atoms with Gasteiger partial charge in [0.2, 0.25) is 0 Å². The second kappa shape index (κ2) is 7.25. The van der Waals surface area contributed by atoms with Crippen LogP contribution in [0.1, 0.15) is 63.1 Å². The largest absolute Gasteiger partial charge is 0.376 e. The molecule has 23 heavy (non-hydrogen) atoms. The van der Waals surface area contributed by atoms with Gasteiger partial charge in [-0.25, -0.2) is 4.79 Å². The van der Waals surface area contributed by atoms with E-state index in [1.54, 1.807) is 11.0 Å². The van der Waals surface area contributed by atoms with Crippen molar-refractivity contribution in [1.29, 1.82) is 0 Å². The molecule has 6 nitrogen and oxygen atoms in total. The van der Waals surface area contributed by atoms with E-state index in [0.29, 0.717) is 19.7 Å². The molecule has 1 amide bonds. The number of aromatic amines is 1. The zero-order chi connectivity index (χ0) is 17.0. The predicted molar refractivity (Wildman–Crippen MR) is 88.7 cm³/mol. The minimum absolute atomic E-state index is 0.0803. The van der Waals surface area contributed by atoms with Crippen molar-refractivity contribution in [2.75, 3.05) is 19.7 Å². The van der Waals surface area contributed by atoms with Crippen molar-refractivity contribution in [3.8, 4) is 0 Å². The quantitative estimate of drug-likeness (QED) is 0.921. The molecule has 1 aromatic rings. The lowest BCUT2D eigenvalue weighted by atomic mass is 9.91. The predicted octanol–water partition coefficient (Wildman–Crippen LogP) is 2.10. The van der Waals surface area contributed by atoms with Gasteiger partial charge >= 0.3 is 5.69 Å². The first-order valence-electron chi connectivity index (χ1n) is 8.34. The van der Waals surface area contributed by atoms with Crippen LogP contribution in [0.4, 0.5) is 0 Å². The second-order valence-corrected chi connectivity index (χ2v) is 7.12. The first kappa shape index (κ1) is 17.7. The summed E-state index contributed by atoms with van der Waals surface area (Å²) in [7, 11) is 0. The number of nitrogens with one attached hydrogen (secondary N) is 1. The summed E-state index contributed by atoms with van der Waals surface area (Å²) in [6.45, 7) is 10.00. The van der Waals surface area contributed by atoms with E-state index in [1.165, 1.54) is 0 Å². The fourth-order valence-electron chi connectivity index (χ4n) is 2.68. The molecule has 1 unspecified atom stereocenters. The third kappa shape index (κ3) is 4.64. The van der Waals surface area contributed by atoms with E-state index in [9.17, 15) is 9.59 Å². The normalized spacial score (nSPS) is 19.0. The Labute approximate surface area is 137 Å². The number of hydrogen-bond donors (Lipinski definition) is 1. The van der Waals surface area contributed by atoms with Gasteiger partial charge in [0, 0.05) is 30.8 Å². The zero-order valence-electron chi connectivity index (χ0n) is 14.5. The topological polar surface area (TPSA) is 75.3 Å². The maximum Gasteiger partial charge on any atom is 0.345 e. The van der Waals surface area contributed by atoms with Crippen molar-refractivity contribution in [2.45, 2.75) is 58.5 Å². The first-order valence-corrected chi connectivity index (χ1v) is 8.34. The lowest BCUT2D eigenvalue weighted by Crippen LogP contribution is -2.44. The summed E-state index contributed by atoms with van der Waals surface area (Å²) in [6, 6.07) is 1.69. The number of likely N-dealkylation sites (tertiary alicyclic amines) is 1. The van der Waals surface area contributed by atoms with E-state index in [0.717, 1.165) is 25.0 Å². The van der Waals surface area contributed by atoms with Crippen LogP contribution in [0, 0.1) is 0 Å². The molecule has 0 radical (unpaired) electrons. The van der Waals surface area contributed by atoms with Gasteiger partial charge < -0.3 is 14.6 Å². The summed E-state index contributed by atoms with van der Waals surface area (Å²) < 4.78 is 5.77. The number of ether oxygens (including phenoxy) is 1. The highest BCUT2D eigenvalue weighted by atomic mass is 16.5. The Morgan fingerprint density at radius 3 is 2.87 bits per heavy atom. The van der Waals surface area contributed by atoms with Crippen LogP contribution in [0.15, 0.2) is 10.9 Å². The van der Waals surface area contributed by atoms with Crippen LogP contribution in [0.5, 0.6) is 0 Å². The van der Waals surface area contributed by atoms with E-state index < -0.39 is 5.69 Å². The highest BCUT2D eigenvalue weighted by Gasteiger charge is 2.27. The zero-order valence-corrected chi connectivity index (χ0v) is 14.5. The Bertz CT molecular complexity index is 604. The van der Waals surface area contributed by atoms with Gasteiger partial charge in [0.1, 0.15) is 5.69 Å². The summed E-state index contributed by atoms with van der Waals surface area (Å²) in [4.78, 5) is 32.8.